The van der Waals surface area contributed by atoms with Crippen LogP contribution in [0.2, 0.25) is 0 Å². The van der Waals surface area contributed by atoms with E-state index in [2.05, 4.69) is 6.58 Å². The van der Waals surface area contributed by atoms with E-state index in [-0.39, 0.29) is 23.7 Å². The Morgan fingerprint density at radius 2 is 2.44 bits per heavy atom. The van der Waals surface area contributed by atoms with Gasteiger partial charge in [0, 0.05) is 24.9 Å². The summed E-state index contributed by atoms with van der Waals surface area (Å²) < 4.78 is 5.61. The molecule has 1 N–H and O–H groups in total. The first-order valence-electron chi connectivity index (χ1n) is 5.81. The molecule has 0 saturated heterocycles. The lowest BCUT2D eigenvalue weighted by Crippen LogP contribution is -2.59. The molecule has 0 aromatic carbocycles. The summed E-state index contributed by atoms with van der Waals surface area (Å²) in [6, 6.07) is 0. The first-order chi connectivity index (χ1) is 7.63. The van der Waals surface area contributed by atoms with Gasteiger partial charge in [0.05, 0.1) is 6.10 Å². The molecular weight excluding hydrogens is 204 g/mol. The second kappa shape index (κ2) is 4.15. The summed E-state index contributed by atoms with van der Waals surface area (Å²) >= 11 is 0. The third kappa shape index (κ3) is 1.55. The van der Waals surface area contributed by atoms with E-state index in [1.54, 1.807) is 6.08 Å². The summed E-state index contributed by atoms with van der Waals surface area (Å²) in [5.74, 6) is -0.481. The lowest BCUT2D eigenvalue weighted by molar-refractivity contribution is -0.164. The van der Waals surface area contributed by atoms with E-state index < -0.39 is 5.60 Å². The van der Waals surface area contributed by atoms with Crippen LogP contribution in [0.3, 0.4) is 0 Å². The maximum atomic E-state index is 12.0. The van der Waals surface area contributed by atoms with E-state index in [4.69, 9.17) is 4.74 Å². The van der Waals surface area contributed by atoms with Gasteiger partial charge in [0.2, 0.25) is 0 Å². The number of hydrogen-bond donors (Lipinski definition) is 1. The van der Waals surface area contributed by atoms with E-state index in [9.17, 15) is 9.90 Å². The second-order valence-electron chi connectivity index (χ2n) is 4.53. The summed E-state index contributed by atoms with van der Waals surface area (Å²) in [5, 5.41) is 10.5. The third-order valence-corrected chi connectivity index (χ3v) is 3.59. The molecular formula is C13H18O3. The van der Waals surface area contributed by atoms with Gasteiger partial charge in [-0.05, 0) is 13.3 Å². The first kappa shape index (κ1) is 11.6. The lowest BCUT2D eigenvalue weighted by atomic mass is 9.62. The Balaban J connectivity index is 2.29. The Labute approximate surface area is 95.8 Å². The van der Waals surface area contributed by atoms with Gasteiger partial charge in [-0.15, -0.1) is 6.58 Å². The van der Waals surface area contributed by atoms with Gasteiger partial charge in [0.25, 0.3) is 0 Å². The smallest absolute Gasteiger partial charge is 0.172 e. The van der Waals surface area contributed by atoms with Crippen LogP contribution in [0.4, 0.5) is 0 Å². The number of allylic oxidation sites excluding steroid dienone is 1. The van der Waals surface area contributed by atoms with Crippen molar-refractivity contribution in [3.63, 3.8) is 0 Å². The molecule has 3 nitrogen and oxygen atoms in total. The SMILES string of the molecule is C=CC[C@]1(O)C(=O)[C@@H]2C=C[C@H]1[C@@H](OCC)C2. The van der Waals surface area contributed by atoms with E-state index in [0.29, 0.717) is 19.4 Å². The van der Waals surface area contributed by atoms with Crippen LogP contribution in [0.5, 0.6) is 0 Å². The predicted molar refractivity (Wildman–Crippen MR) is 60.9 cm³/mol. The van der Waals surface area contributed by atoms with Gasteiger partial charge in [-0.25, -0.2) is 0 Å². The summed E-state index contributed by atoms with van der Waals surface area (Å²) in [6.45, 7) is 6.15. The van der Waals surface area contributed by atoms with Crippen molar-refractivity contribution in [2.75, 3.05) is 6.61 Å². The molecule has 4 atom stereocenters. The van der Waals surface area contributed by atoms with Gasteiger partial charge in [0.15, 0.2) is 5.78 Å². The van der Waals surface area contributed by atoms with Gasteiger partial charge >= 0.3 is 0 Å². The maximum absolute atomic E-state index is 12.0. The van der Waals surface area contributed by atoms with Crippen LogP contribution < -0.4 is 0 Å². The van der Waals surface area contributed by atoms with Gasteiger partial charge in [-0.1, -0.05) is 18.2 Å². The molecule has 0 unspecified atom stereocenters. The number of aliphatic hydroxyl groups is 1. The molecule has 1 saturated carbocycles. The first-order valence-corrected chi connectivity index (χ1v) is 5.81. The van der Waals surface area contributed by atoms with E-state index in [0.717, 1.165) is 0 Å². The number of Topliss-reactive ketones (excluding diaryl/α,β-unsaturated/α-hetero) is 1. The highest BCUT2D eigenvalue weighted by Gasteiger charge is 2.54. The van der Waals surface area contributed by atoms with Gasteiger partial charge in [-0.3, -0.25) is 4.79 Å². The van der Waals surface area contributed by atoms with Crippen molar-refractivity contribution < 1.29 is 14.6 Å². The summed E-state index contributed by atoms with van der Waals surface area (Å²) in [6.07, 6.45) is 6.41. The third-order valence-electron chi connectivity index (χ3n) is 3.59. The highest BCUT2D eigenvalue weighted by atomic mass is 16.5. The molecule has 0 amide bonds. The molecule has 3 rings (SSSR count). The number of carbonyl (C=O) groups is 1. The van der Waals surface area contributed by atoms with Crippen molar-refractivity contribution in [2.45, 2.75) is 31.5 Å². The van der Waals surface area contributed by atoms with Crippen LogP contribution in [0.15, 0.2) is 24.8 Å². The molecule has 3 aliphatic carbocycles. The fourth-order valence-electron chi connectivity index (χ4n) is 2.84. The molecule has 0 aliphatic heterocycles. The maximum Gasteiger partial charge on any atom is 0.172 e. The average Bonchev–Trinajstić information content (AvgIpc) is 2.26. The Hall–Kier alpha value is -0.930. The standard InChI is InChI=1S/C13H18O3/c1-3-7-13(15)10-6-5-9(12(13)14)8-11(10)16-4-2/h3,5-6,9-11,15H,1,4,7-8H2,2H3/t9-,10+,11+,13-/m1/s1. The molecule has 1 fully saturated rings. The molecule has 3 heteroatoms. The molecule has 0 radical (unpaired) electrons. The van der Waals surface area contributed by atoms with Crippen molar-refractivity contribution in [3.05, 3.63) is 24.8 Å². The fraction of sp³-hybridized carbons (Fsp3) is 0.615. The summed E-state index contributed by atoms with van der Waals surface area (Å²) in [7, 11) is 0. The highest BCUT2D eigenvalue weighted by molar-refractivity contribution is 5.93. The summed E-state index contributed by atoms with van der Waals surface area (Å²) in [5.41, 5.74) is -1.29. The normalized spacial score (nSPS) is 41.4. The zero-order chi connectivity index (χ0) is 11.8. The van der Waals surface area contributed by atoms with E-state index in [1.165, 1.54) is 0 Å². The van der Waals surface area contributed by atoms with Crippen molar-refractivity contribution in [1.29, 1.82) is 0 Å². The minimum absolute atomic E-state index is 0.0392. The van der Waals surface area contributed by atoms with Crippen molar-refractivity contribution in [3.8, 4) is 0 Å². The quantitative estimate of drug-likeness (QED) is 0.733. The number of ketones is 1. The van der Waals surface area contributed by atoms with Crippen LogP contribution in [0.1, 0.15) is 19.8 Å². The fourth-order valence-corrected chi connectivity index (χ4v) is 2.84. The van der Waals surface area contributed by atoms with Crippen LogP contribution in [0, 0.1) is 11.8 Å². The zero-order valence-corrected chi connectivity index (χ0v) is 9.56. The van der Waals surface area contributed by atoms with Gasteiger partial charge < -0.3 is 9.84 Å². The topological polar surface area (TPSA) is 46.5 Å². The number of ether oxygens (including phenoxy) is 1. The van der Waals surface area contributed by atoms with E-state index in [1.807, 2.05) is 19.1 Å². The molecule has 16 heavy (non-hydrogen) atoms. The highest BCUT2D eigenvalue weighted by Crippen LogP contribution is 2.43. The van der Waals surface area contributed by atoms with Crippen molar-refractivity contribution in [1.82, 2.24) is 0 Å². The van der Waals surface area contributed by atoms with Crippen LogP contribution >= 0.6 is 0 Å². The van der Waals surface area contributed by atoms with Gasteiger partial charge in [0.1, 0.15) is 5.60 Å². The Kier molecular flexibility index (Phi) is 3.00. The number of hydrogen-bond acceptors (Lipinski definition) is 3. The molecule has 88 valence electrons. The number of carbonyl (C=O) groups excluding carboxylic acids is 1. The molecule has 0 aromatic rings. The van der Waals surface area contributed by atoms with Gasteiger partial charge in [-0.2, -0.15) is 0 Å². The van der Waals surface area contributed by atoms with Crippen LogP contribution in [0.25, 0.3) is 0 Å². The lowest BCUT2D eigenvalue weighted by Gasteiger charge is -2.47. The second-order valence-corrected chi connectivity index (χ2v) is 4.53. The van der Waals surface area contributed by atoms with Crippen LogP contribution in [-0.4, -0.2) is 29.2 Å². The number of fused-ring (bicyclic) bond motifs is 2. The molecule has 2 bridgehead atoms. The molecule has 3 aliphatic rings. The average molecular weight is 222 g/mol. The molecule has 0 spiro atoms. The minimum atomic E-state index is -1.29. The predicted octanol–water partition coefficient (Wildman–Crippen LogP) is 1.47. The van der Waals surface area contributed by atoms with Crippen LogP contribution in [-0.2, 0) is 9.53 Å². The van der Waals surface area contributed by atoms with E-state index >= 15 is 0 Å². The molecule has 0 heterocycles. The zero-order valence-electron chi connectivity index (χ0n) is 9.56. The Morgan fingerprint density at radius 1 is 1.69 bits per heavy atom. The largest absolute Gasteiger partial charge is 0.381 e. The van der Waals surface area contributed by atoms with Crippen molar-refractivity contribution in [2.24, 2.45) is 11.8 Å². The minimum Gasteiger partial charge on any atom is -0.381 e. The Morgan fingerprint density at radius 3 is 3.06 bits per heavy atom. The monoisotopic (exact) mass is 222 g/mol. The molecule has 0 aromatic heterocycles. The van der Waals surface area contributed by atoms with Crippen molar-refractivity contribution >= 4 is 5.78 Å². The Bertz CT molecular complexity index is 334. The number of rotatable bonds is 4. The summed E-state index contributed by atoms with van der Waals surface area (Å²) in [4.78, 5) is 12.0.